The highest BCUT2D eigenvalue weighted by molar-refractivity contribution is 5.94. The Bertz CT molecular complexity index is 899. The van der Waals surface area contributed by atoms with Crippen molar-refractivity contribution in [2.75, 3.05) is 6.54 Å². The Morgan fingerprint density at radius 1 is 1.23 bits per heavy atom. The van der Waals surface area contributed by atoms with Crippen molar-refractivity contribution in [3.8, 4) is 11.1 Å². The van der Waals surface area contributed by atoms with Crippen LogP contribution >= 0.6 is 0 Å². The van der Waals surface area contributed by atoms with E-state index in [0.717, 1.165) is 47.7 Å². The van der Waals surface area contributed by atoms with Gasteiger partial charge >= 0.3 is 0 Å². The van der Waals surface area contributed by atoms with Crippen LogP contribution in [0.25, 0.3) is 11.1 Å². The molecule has 0 bridgehead atoms. The Kier molecular flexibility index (Phi) is 4.24. The first-order chi connectivity index (χ1) is 12.6. The van der Waals surface area contributed by atoms with Gasteiger partial charge in [-0.1, -0.05) is 11.2 Å². The molecule has 0 N–H and O–H groups in total. The number of hydrogen-bond donors (Lipinski definition) is 0. The van der Waals surface area contributed by atoms with E-state index in [4.69, 9.17) is 4.52 Å². The summed E-state index contributed by atoms with van der Waals surface area (Å²) in [5, 5.41) is 4.00. The Labute approximate surface area is 151 Å². The molecule has 1 atom stereocenters. The molecule has 0 aliphatic carbocycles. The number of aryl methyl sites for hydroxylation is 2. The molecular weight excluding hydrogens is 328 g/mol. The molecule has 3 aromatic heterocycles. The van der Waals surface area contributed by atoms with Crippen LogP contribution < -0.4 is 0 Å². The fraction of sp³-hybridized carbons (Fsp3) is 0.300. The fourth-order valence-electron chi connectivity index (χ4n) is 3.62. The van der Waals surface area contributed by atoms with Crippen LogP contribution in [0.5, 0.6) is 0 Å². The summed E-state index contributed by atoms with van der Waals surface area (Å²) in [6.45, 7) is 4.56. The molecule has 26 heavy (non-hydrogen) atoms. The van der Waals surface area contributed by atoms with Crippen molar-refractivity contribution in [2.24, 2.45) is 0 Å². The molecular formula is C20H20N4O2. The third-order valence-electron chi connectivity index (χ3n) is 4.87. The van der Waals surface area contributed by atoms with E-state index in [1.165, 1.54) is 0 Å². The second-order valence-electron chi connectivity index (χ2n) is 6.57. The maximum Gasteiger partial charge on any atom is 0.255 e. The van der Waals surface area contributed by atoms with E-state index in [2.05, 4.69) is 15.1 Å². The van der Waals surface area contributed by atoms with Gasteiger partial charge in [0.05, 0.1) is 23.0 Å². The van der Waals surface area contributed by atoms with Gasteiger partial charge in [-0.2, -0.15) is 0 Å². The zero-order valence-corrected chi connectivity index (χ0v) is 14.8. The fourth-order valence-corrected chi connectivity index (χ4v) is 3.62. The largest absolute Gasteiger partial charge is 0.361 e. The zero-order chi connectivity index (χ0) is 18.1. The van der Waals surface area contributed by atoms with Crippen molar-refractivity contribution in [3.63, 3.8) is 0 Å². The Morgan fingerprint density at radius 2 is 2.12 bits per heavy atom. The van der Waals surface area contributed by atoms with Crippen molar-refractivity contribution >= 4 is 5.91 Å². The highest BCUT2D eigenvalue weighted by Gasteiger charge is 2.31. The van der Waals surface area contributed by atoms with Crippen LogP contribution in [0.1, 0.15) is 46.4 Å². The first-order valence-corrected chi connectivity index (χ1v) is 8.75. The summed E-state index contributed by atoms with van der Waals surface area (Å²) in [7, 11) is 0. The minimum absolute atomic E-state index is 0.00132. The smallest absolute Gasteiger partial charge is 0.255 e. The molecule has 0 unspecified atom stereocenters. The van der Waals surface area contributed by atoms with Crippen molar-refractivity contribution in [3.05, 3.63) is 65.6 Å². The molecule has 1 saturated heterocycles. The van der Waals surface area contributed by atoms with Crippen LogP contribution in [0.3, 0.4) is 0 Å². The van der Waals surface area contributed by atoms with Gasteiger partial charge in [-0.25, -0.2) is 0 Å². The van der Waals surface area contributed by atoms with Gasteiger partial charge in [-0.3, -0.25) is 14.8 Å². The molecule has 0 spiro atoms. The molecule has 1 fully saturated rings. The van der Waals surface area contributed by atoms with Crippen LogP contribution in [0.4, 0.5) is 0 Å². The van der Waals surface area contributed by atoms with E-state index >= 15 is 0 Å². The van der Waals surface area contributed by atoms with E-state index < -0.39 is 0 Å². The maximum atomic E-state index is 12.8. The van der Waals surface area contributed by atoms with Crippen LogP contribution in [0.15, 0.2) is 47.4 Å². The topological polar surface area (TPSA) is 72.1 Å². The van der Waals surface area contributed by atoms with Gasteiger partial charge in [-0.05, 0) is 44.9 Å². The van der Waals surface area contributed by atoms with Gasteiger partial charge in [0.2, 0.25) is 0 Å². The van der Waals surface area contributed by atoms with E-state index in [1.807, 2.05) is 37.1 Å². The third-order valence-corrected chi connectivity index (χ3v) is 4.87. The van der Waals surface area contributed by atoms with E-state index in [0.29, 0.717) is 5.56 Å². The Hall–Kier alpha value is -3.02. The van der Waals surface area contributed by atoms with Gasteiger partial charge < -0.3 is 9.42 Å². The van der Waals surface area contributed by atoms with Gasteiger partial charge in [0, 0.05) is 36.3 Å². The highest BCUT2D eigenvalue weighted by Crippen LogP contribution is 2.33. The van der Waals surface area contributed by atoms with Crippen LogP contribution in [0.2, 0.25) is 0 Å². The number of likely N-dealkylation sites (tertiary alicyclic amines) is 1. The zero-order valence-electron chi connectivity index (χ0n) is 14.8. The predicted molar refractivity (Wildman–Crippen MR) is 96.5 cm³/mol. The number of amides is 1. The SMILES string of the molecule is Cc1noc(C)c1-c1ccc([C@@H]2CCCN2C(=O)c2cccnc2)nc1. The van der Waals surface area contributed by atoms with Crippen molar-refractivity contribution in [2.45, 2.75) is 32.7 Å². The summed E-state index contributed by atoms with van der Waals surface area (Å²) < 4.78 is 5.24. The lowest BCUT2D eigenvalue weighted by molar-refractivity contribution is 0.0732. The van der Waals surface area contributed by atoms with Gasteiger partial charge in [0.15, 0.2) is 0 Å². The van der Waals surface area contributed by atoms with E-state index in [9.17, 15) is 4.79 Å². The number of rotatable bonds is 3. The van der Waals surface area contributed by atoms with Crippen molar-refractivity contribution < 1.29 is 9.32 Å². The summed E-state index contributed by atoms with van der Waals surface area (Å²) in [5.74, 6) is 0.795. The first kappa shape index (κ1) is 16.4. The molecule has 0 radical (unpaired) electrons. The van der Waals surface area contributed by atoms with E-state index in [1.54, 1.807) is 24.5 Å². The lowest BCUT2D eigenvalue weighted by atomic mass is 10.0. The highest BCUT2D eigenvalue weighted by atomic mass is 16.5. The summed E-state index contributed by atoms with van der Waals surface area (Å²) in [4.78, 5) is 23.4. The van der Waals surface area contributed by atoms with Crippen LogP contribution in [-0.4, -0.2) is 32.5 Å². The minimum atomic E-state index is 0.00132. The molecule has 0 aromatic carbocycles. The van der Waals surface area contributed by atoms with Crippen LogP contribution in [-0.2, 0) is 0 Å². The third kappa shape index (κ3) is 2.87. The molecule has 1 aliphatic rings. The first-order valence-electron chi connectivity index (χ1n) is 8.75. The minimum Gasteiger partial charge on any atom is -0.361 e. The quantitative estimate of drug-likeness (QED) is 0.721. The number of aromatic nitrogens is 3. The van der Waals surface area contributed by atoms with Crippen LogP contribution in [0, 0.1) is 13.8 Å². The number of carbonyl (C=O) groups excluding carboxylic acids is 1. The van der Waals surface area contributed by atoms with Gasteiger partial charge in [-0.15, -0.1) is 0 Å². The molecule has 6 nitrogen and oxygen atoms in total. The molecule has 0 saturated carbocycles. The molecule has 4 heterocycles. The van der Waals surface area contributed by atoms with Gasteiger partial charge in [0.25, 0.3) is 5.91 Å². The average molecular weight is 348 g/mol. The summed E-state index contributed by atoms with van der Waals surface area (Å²) >= 11 is 0. The number of nitrogens with zero attached hydrogens (tertiary/aromatic N) is 4. The second-order valence-corrected chi connectivity index (χ2v) is 6.57. The lowest BCUT2D eigenvalue weighted by Crippen LogP contribution is -2.31. The molecule has 6 heteroatoms. The molecule has 1 amide bonds. The lowest BCUT2D eigenvalue weighted by Gasteiger charge is -2.24. The molecule has 3 aromatic rings. The standard InChI is InChI=1S/C20H20N4O2/c1-13-19(14(2)26-23-13)15-7-8-17(22-12-15)18-6-4-10-24(18)20(25)16-5-3-9-21-11-16/h3,5,7-9,11-12,18H,4,6,10H2,1-2H3/t18-/m0/s1. The second kappa shape index (κ2) is 6.71. The van der Waals surface area contributed by atoms with Gasteiger partial charge in [0.1, 0.15) is 5.76 Å². The summed E-state index contributed by atoms with van der Waals surface area (Å²) in [6, 6.07) is 7.62. The number of pyridine rings is 2. The summed E-state index contributed by atoms with van der Waals surface area (Å²) in [6.07, 6.45) is 7.03. The summed E-state index contributed by atoms with van der Waals surface area (Å²) in [5.41, 5.74) is 4.35. The van der Waals surface area contributed by atoms with E-state index in [-0.39, 0.29) is 11.9 Å². The number of hydrogen-bond acceptors (Lipinski definition) is 5. The predicted octanol–water partition coefficient (Wildman–Crippen LogP) is 3.73. The number of carbonyl (C=O) groups is 1. The molecule has 4 rings (SSSR count). The van der Waals surface area contributed by atoms with Crippen molar-refractivity contribution in [1.82, 2.24) is 20.0 Å². The Balaban J connectivity index is 1.60. The maximum absolute atomic E-state index is 12.8. The normalized spacial score (nSPS) is 16.8. The monoisotopic (exact) mass is 348 g/mol. The molecule has 1 aliphatic heterocycles. The molecule has 132 valence electrons. The average Bonchev–Trinajstić information content (AvgIpc) is 3.29. The van der Waals surface area contributed by atoms with Crippen molar-refractivity contribution in [1.29, 1.82) is 0 Å². The Morgan fingerprint density at radius 3 is 2.77 bits per heavy atom.